The summed E-state index contributed by atoms with van der Waals surface area (Å²) in [6, 6.07) is 5.78. The molecule has 2 aromatic rings. The maximum Gasteiger partial charge on any atom is 0.451 e. The number of hydrogen-bond donors (Lipinski definition) is 1. The molecule has 1 aromatic carbocycles. The predicted octanol–water partition coefficient (Wildman–Crippen LogP) is 4.39. The summed E-state index contributed by atoms with van der Waals surface area (Å²) in [6.07, 6.45) is -4.58. The van der Waals surface area contributed by atoms with Crippen molar-refractivity contribution in [3.8, 4) is 0 Å². The van der Waals surface area contributed by atoms with Crippen LogP contribution < -0.4 is 5.32 Å². The Morgan fingerprint density at radius 3 is 2.42 bits per heavy atom. The number of hydrogen-bond acceptors (Lipinski definition) is 4. The van der Waals surface area contributed by atoms with Crippen LogP contribution in [0.5, 0.6) is 0 Å². The van der Waals surface area contributed by atoms with Gasteiger partial charge in [-0.2, -0.15) is 13.2 Å². The zero-order valence-corrected chi connectivity index (χ0v) is 16.0. The van der Waals surface area contributed by atoms with Gasteiger partial charge in [0.15, 0.2) is 5.16 Å². The first-order valence-corrected chi connectivity index (χ1v) is 8.94. The number of aryl methyl sites for hydroxylation is 1. The highest BCUT2D eigenvalue weighted by molar-refractivity contribution is 8.00. The van der Waals surface area contributed by atoms with E-state index >= 15 is 0 Å². The van der Waals surface area contributed by atoms with Crippen molar-refractivity contribution in [2.24, 2.45) is 7.05 Å². The van der Waals surface area contributed by atoms with E-state index in [1.807, 2.05) is 39.0 Å². The number of thioether (sulfide) groups is 1. The van der Waals surface area contributed by atoms with Gasteiger partial charge in [-0.05, 0) is 30.9 Å². The number of benzene rings is 1. The molecule has 0 unspecified atom stereocenters. The summed E-state index contributed by atoms with van der Waals surface area (Å²) >= 11 is 0.932. The fourth-order valence-corrected chi connectivity index (χ4v) is 3.26. The van der Waals surface area contributed by atoms with Crippen molar-refractivity contribution in [2.75, 3.05) is 5.32 Å². The third-order valence-corrected chi connectivity index (χ3v) is 5.05. The number of nitrogens with zero attached hydrogens (tertiary/aromatic N) is 3. The average Bonchev–Trinajstić information content (AvgIpc) is 2.89. The van der Waals surface area contributed by atoms with Crippen LogP contribution in [0.3, 0.4) is 0 Å². The Hall–Kier alpha value is -2.03. The topological polar surface area (TPSA) is 59.8 Å². The summed E-state index contributed by atoms with van der Waals surface area (Å²) in [5.41, 5.74) is 2.68. The molecule has 0 saturated carbocycles. The molecule has 5 nitrogen and oxygen atoms in total. The summed E-state index contributed by atoms with van der Waals surface area (Å²) in [5.74, 6) is -1.17. The molecule has 0 spiro atoms. The Balaban J connectivity index is 2.16. The molecule has 0 radical (unpaired) electrons. The largest absolute Gasteiger partial charge is 0.451 e. The monoisotopic (exact) mass is 386 g/mol. The molecule has 1 amide bonds. The van der Waals surface area contributed by atoms with Gasteiger partial charge < -0.3 is 9.88 Å². The lowest BCUT2D eigenvalue weighted by Gasteiger charge is -2.18. The number of anilines is 1. The van der Waals surface area contributed by atoms with Gasteiger partial charge in [0.05, 0.1) is 5.25 Å². The molecule has 1 N–H and O–H groups in total. The highest BCUT2D eigenvalue weighted by Gasteiger charge is 2.38. The van der Waals surface area contributed by atoms with Crippen molar-refractivity contribution >= 4 is 23.4 Å². The Labute approximate surface area is 154 Å². The van der Waals surface area contributed by atoms with Crippen LogP contribution in [0.2, 0.25) is 0 Å². The first-order chi connectivity index (χ1) is 12.0. The number of rotatable bonds is 5. The zero-order chi connectivity index (χ0) is 19.6. The van der Waals surface area contributed by atoms with Gasteiger partial charge in [0.25, 0.3) is 0 Å². The second-order valence-corrected chi connectivity index (χ2v) is 7.61. The summed E-state index contributed by atoms with van der Waals surface area (Å²) in [5, 5.41) is 9.01. The lowest BCUT2D eigenvalue weighted by molar-refractivity contribution is -0.147. The number of para-hydroxylation sites is 1. The number of alkyl halides is 3. The molecule has 1 aromatic heterocycles. The van der Waals surface area contributed by atoms with Gasteiger partial charge in [-0.1, -0.05) is 43.8 Å². The van der Waals surface area contributed by atoms with Crippen LogP contribution in [0.15, 0.2) is 23.4 Å². The van der Waals surface area contributed by atoms with E-state index in [2.05, 4.69) is 15.5 Å². The molecule has 0 fully saturated rings. The van der Waals surface area contributed by atoms with Gasteiger partial charge >= 0.3 is 6.18 Å². The van der Waals surface area contributed by atoms with E-state index < -0.39 is 17.3 Å². The zero-order valence-electron chi connectivity index (χ0n) is 15.2. The second-order valence-electron chi connectivity index (χ2n) is 6.31. The van der Waals surface area contributed by atoms with Gasteiger partial charge in [-0.15, -0.1) is 10.2 Å². The highest BCUT2D eigenvalue weighted by atomic mass is 32.2. The molecular weight excluding hydrogens is 365 g/mol. The fraction of sp³-hybridized carbons (Fsp3) is 0.471. The molecule has 1 atom stereocenters. The minimum atomic E-state index is -4.58. The van der Waals surface area contributed by atoms with E-state index in [1.54, 1.807) is 6.92 Å². The van der Waals surface area contributed by atoms with Gasteiger partial charge in [0, 0.05) is 12.7 Å². The standard InChI is InChI=1S/C17H21F3N4OS/c1-9(2)12-8-6-7-10(3)13(12)21-14(25)11(4)26-16-23-22-15(24(16)5)17(18,19)20/h6-9,11H,1-5H3,(H,21,25)/t11-/m1/s1. The van der Waals surface area contributed by atoms with Crippen LogP contribution in [0.25, 0.3) is 0 Å². The van der Waals surface area contributed by atoms with Crippen LogP contribution in [-0.2, 0) is 18.0 Å². The predicted molar refractivity (Wildman–Crippen MR) is 95.2 cm³/mol. The van der Waals surface area contributed by atoms with Crippen molar-refractivity contribution in [1.82, 2.24) is 14.8 Å². The smallest absolute Gasteiger partial charge is 0.325 e. The van der Waals surface area contributed by atoms with Crippen LogP contribution >= 0.6 is 11.8 Å². The normalized spacial score (nSPS) is 13.1. The van der Waals surface area contributed by atoms with Crippen LogP contribution in [0.1, 0.15) is 43.6 Å². The highest BCUT2D eigenvalue weighted by Crippen LogP contribution is 2.32. The van der Waals surface area contributed by atoms with Crippen molar-refractivity contribution in [3.63, 3.8) is 0 Å². The van der Waals surface area contributed by atoms with Crippen LogP contribution in [0.4, 0.5) is 18.9 Å². The van der Waals surface area contributed by atoms with Gasteiger partial charge in [0.1, 0.15) is 0 Å². The third-order valence-electron chi connectivity index (χ3n) is 3.92. The maximum absolute atomic E-state index is 12.8. The Morgan fingerprint density at radius 2 is 1.88 bits per heavy atom. The number of amides is 1. The van der Waals surface area contributed by atoms with E-state index in [4.69, 9.17) is 0 Å². The molecule has 142 valence electrons. The first-order valence-electron chi connectivity index (χ1n) is 8.06. The third kappa shape index (κ3) is 4.38. The summed E-state index contributed by atoms with van der Waals surface area (Å²) in [6.45, 7) is 7.58. The second kappa shape index (κ2) is 7.69. The van der Waals surface area contributed by atoms with Gasteiger partial charge in [-0.25, -0.2) is 0 Å². The van der Waals surface area contributed by atoms with Gasteiger partial charge in [-0.3, -0.25) is 4.79 Å². The Morgan fingerprint density at radius 1 is 1.23 bits per heavy atom. The number of halogens is 3. The minimum Gasteiger partial charge on any atom is -0.325 e. The number of carbonyl (C=O) groups is 1. The molecule has 9 heteroatoms. The quantitative estimate of drug-likeness (QED) is 0.775. The van der Waals surface area contributed by atoms with E-state index in [9.17, 15) is 18.0 Å². The maximum atomic E-state index is 12.8. The minimum absolute atomic E-state index is 0.0360. The summed E-state index contributed by atoms with van der Waals surface area (Å²) in [7, 11) is 1.23. The molecule has 0 aliphatic rings. The molecule has 0 aliphatic carbocycles. The van der Waals surface area contributed by atoms with E-state index in [-0.39, 0.29) is 17.0 Å². The van der Waals surface area contributed by atoms with Crippen molar-refractivity contribution < 1.29 is 18.0 Å². The molecular formula is C17H21F3N4OS. The van der Waals surface area contributed by atoms with Crippen molar-refractivity contribution in [1.29, 1.82) is 0 Å². The molecule has 0 saturated heterocycles. The Bertz CT molecular complexity index is 802. The summed E-state index contributed by atoms with van der Waals surface area (Å²) < 4.78 is 39.2. The van der Waals surface area contributed by atoms with Crippen LogP contribution in [-0.4, -0.2) is 25.9 Å². The molecule has 2 rings (SSSR count). The molecule has 0 bridgehead atoms. The van der Waals surface area contributed by atoms with E-state index in [0.717, 1.165) is 33.1 Å². The van der Waals surface area contributed by atoms with Crippen molar-refractivity contribution in [2.45, 2.75) is 50.2 Å². The van der Waals surface area contributed by atoms with E-state index in [0.29, 0.717) is 0 Å². The molecule has 26 heavy (non-hydrogen) atoms. The SMILES string of the molecule is Cc1cccc(C(C)C)c1NC(=O)[C@@H](C)Sc1nnc(C(F)(F)F)n1C. The Kier molecular flexibility index (Phi) is 6.00. The average molecular weight is 386 g/mol. The molecule has 0 aliphatic heterocycles. The van der Waals surface area contributed by atoms with E-state index in [1.165, 1.54) is 7.05 Å². The fourth-order valence-electron chi connectivity index (χ4n) is 2.44. The van der Waals surface area contributed by atoms with Crippen molar-refractivity contribution in [3.05, 3.63) is 35.2 Å². The number of nitrogens with one attached hydrogen (secondary N) is 1. The first kappa shape index (κ1) is 20.3. The molecule has 1 heterocycles. The van der Waals surface area contributed by atoms with Gasteiger partial charge in [0.2, 0.25) is 11.7 Å². The van der Waals surface area contributed by atoms with Crippen LogP contribution in [0, 0.1) is 6.92 Å². The lowest BCUT2D eigenvalue weighted by atomic mass is 9.98. The number of carbonyl (C=O) groups excluding carboxylic acids is 1. The number of aromatic nitrogens is 3. The summed E-state index contributed by atoms with van der Waals surface area (Å²) in [4.78, 5) is 12.5. The lowest BCUT2D eigenvalue weighted by Crippen LogP contribution is -2.24.